The molecule has 1 N–H and O–H groups in total. The van der Waals surface area contributed by atoms with Crippen LogP contribution in [0.25, 0.3) is 0 Å². The van der Waals surface area contributed by atoms with E-state index < -0.39 is 0 Å². The molecule has 1 aromatic rings. The minimum absolute atomic E-state index is 0.0952. The van der Waals surface area contributed by atoms with Gasteiger partial charge >= 0.3 is 0 Å². The highest BCUT2D eigenvalue weighted by Crippen LogP contribution is 2.35. The van der Waals surface area contributed by atoms with E-state index in [9.17, 15) is 0 Å². The van der Waals surface area contributed by atoms with Gasteiger partial charge in [0.15, 0.2) is 0 Å². The number of rotatable bonds is 5. The SMILES string of the molecule is CC1(C)CNCC(COCc2cncn2C2CC2)O1. The van der Waals surface area contributed by atoms with Crippen molar-refractivity contribution < 1.29 is 9.47 Å². The van der Waals surface area contributed by atoms with E-state index in [1.807, 2.05) is 12.5 Å². The molecule has 1 aliphatic carbocycles. The minimum atomic E-state index is -0.0952. The first-order valence-corrected chi connectivity index (χ1v) is 7.11. The number of hydrogen-bond acceptors (Lipinski definition) is 4. The van der Waals surface area contributed by atoms with Crippen LogP contribution in [-0.4, -0.2) is 41.0 Å². The Hall–Kier alpha value is -0.910. The van der Waals surface area contributed by atoms with Crippen LogP contribution in [0.5, 0.6) is 0 Å². The average molecular weight is 265 g/mol. The molecule has 5 nitrogen and oxygen atoms in total. The van der Waals surface area contributed by atoms with Crippen LogP contribution in [0.2, 0.25) is 0 Å². The van der Waals surface area contributed by atoms with Gasteiger partial charge in [0.25, 0.3) is 0 Å². The van der Waals surface area contributed by atoms with Crippen LogP contribution < -0.4 is 5.32 Å². The van der Waals surface area contributed by atoms with Gasteiger partial charge in [-0.1, -0.05) is 0 Å². The van der Waals surface area contributed by atoms with Gasteiger partial charge in [-0.15, -0.1) is 0 Å². The van der Waals surface area contributed by atoms with Crippen molar-refractivity contribution in [3.63, 3.8) is 0 Å². The van der Waals surface area contributed by atoms with Gasteiger partial charge < -0.3 is 19.4 Å². The van der Waals surface area contributed by atoms with E-state index in [4.69, 9.17) is 9.47 Å². The maximum Gasteiger partial charge on any atom is 0.0951 e. The summed E-state index contributed by atoms with van der Waals surface area (Å²) in [5, 5.41) is 3.39. The van der Waals surface area contributed by atoms with Crippen LogP contribution in [0.1, 0.15) is 38.4 Å². The van der Waals surface area contributed by atoms with Gasteiger partial charge in [-0.3, -0.25) is 0 Å². The molecule has 5 heteroatoms. The molecule has 1 aliphatic heterocycles. The molecule has 0 aromatic carbocycles. The lowest BCUT2D eigenvalue weighted by atomic mass is 10.1. The second kappa shape index (κ2) is 5.23. The van der Waals surface area contributed by atoms with E-state index >= 15 is 0 Å². The Bertz CT molecular complexity index is 426. The molecule has 1 saturated heterocycles. The lowest BCUT2D eigenvalue weighted by Crippen LogP contribution is -2.51. The van der Waals surface area contributed by atoms with Crippen LogP contribution in [0.15, 0.2) is 12.5 Å². The van der Waals surface area contributed by atoms with Crippen molar-refractivity contribution in [3.8, 4) is 0 Å². The zero-order valence-electron chi connectivity index (χ0n) is 11.8. The molecule has 1 atom stereocenters. The number of nitrogens with zero attached hydrogens (tertiary/aromatic N) is 2. The minimum Gasteiger partial charge on any atom is -0.372 e. The lowest BCUT2D eigenvalue weighted by Gasteiger charge is -2.36. The molecule has 0 spiro atoms. The van der Waals surface area contributed by atoms with Gasteiger partial charge in [-0.2, -0.15) is 0 Å². The van der Waals surface area contributed by atoms with Gasteiger partial charge in [-0.25, -0.2) is 4.98 Å². The second-order valence-corrected chi connectivity index (χ2v) is 6.17. The highest BCUT2D eigenvalue weighted by molar-refractivity contribution is 5.02. The first-order chi connectivity index (χ1) is 9.14. The Balaban J connectivity index is 1.46. The summed E-state index contributed by atoms with van der Waals surface area (Å²) in [6.45, 7) is 7.23. The first kappa shape index (κ1) is 13.1. The molecule has 1 aromatic heterocycles. The van der Waals surface area contributed by atoms with Gasteiger partial charge in [0, 0.05) is 19.1 Å². The van der Waals surface area contributed by atoms with Crippen molar-refractivity contribution in [3.05, 3.63) is 18.2 Å². The summed E-state index contributed by atoms with van der Waals surface area (Å²) in [7, 11) is 0. The average Bonchev–Trinajstić information content (AvgIpc) is 3.09. The van der Waals surface area contributed by atoms with E-state index in [-0.39, 0.29) is 11.7 Å². The van der Waals surface area contributed by atoms with Gasteiger partial charge in [0.2, 0.25) is 0 Å². The lowest BCUT2D eigenvalue weighted by molar-refractivity contribution is -0.122. The van der Waals surface area contributed by atoms with Crippen LogP contribution in [0, 0.1) is 0 Å². The molecule has 1 saturated carbocycles. The fourth-order valence-corrected chi connectivity index (χ4v) is 2.58. The highest BCUT2D eigenvalue weighted by Gasteiger charge is 2.28. The van der Waals surface area contributed by atoms with E-state index in [1.165, 1.54) is 18.5 Å². The normalized spacial score (nSPS) is 26.5. The van der Waals surface area contributed by atoms with E-state index in [1.54, 1.807) is 0 Å². The zero-order valence-corrected chi connectivity index (χ0v) is 11.8. The number of nitrogens with one attached hydrogen (secondary N) is 1. The van der Waals surface area contributed by atoms with Gasteiger partial charge in [0.05, 0.1) is 43.1 Å². The number of aromatic nitrogens is 2. The van der Waals surface area contributed by atoms with Crippen LogP contribution >= 0.6 is 0 Å². The third kappa shape index (κ3) is 3.35. The molecule has 0 bridgehead atoms. The Morgan fingerprint density at radius 1 is 1.53 bits per heavy atom. The summed E-state index contributed by atoms with van der Waals surface area (Å²) in [5.41, 5.74) is 1.08. The van der Waals surface area contributed by atoms with E-state index in [0.717, 1.165) is 13.1 Å². The van der Waals surface area contributed by atoms with E-state index in [2.05, 4.69) is 28.7 Å². The van der Waals surface area contributed by atoms with Crippen LogP contribution in [0.4, 0.5) is 0 Å². The Morgan fingerprint density at radius 3 is 3.11 bits per heavy atom. The van der Waals surface area contributed by atoms with Gasteiger partial charge in [0.1, 0.15) is 0 Å². The number of ether oxygens (including phenoxy) is 2. The number of hydrogen-bond donors (Lipinski definition) is 1. The maximum atomic E-state index is 5.97. The molecule has 1 unspecified atom stereocenters. The number of morpholine rings is 1. The summed E-state index contributed by atoms with van der Waals surface area (Å²) in [4.78, 5) is 4.21. The Morgan fingerprint density at radius 2 is 2.37 bits per heavy atom. The third-order valence-corrected chi connectivity index (χ3v) is 3.65. The maximum absolute atomic E-state index is 5.97. The predicted octanol–water partition coefficient (Wildman–Crippen LogP) is 1.50. The fraction of sp³-hybridized carbons (Fsp3) is 0.786. The summed E-state index contributed by atoms with van der Waals surface area (Å²) in [5.74, 6) is 0. The fourth-order valence-electron chi connectivity index (χ4n) is 2.58. The molecule has 2 heterocycles. The van der Waals surface area contributed by atoms with Crippen molar-refractivity contribution in [2.75, 3.05) is 19.7 Å². The summed E-state index contributed by atoms with van der Waals surface area (Å²) < 4.78 is 14.0. The van der Waals surface area contributed by atoms with Crippen molar-refractivity contribution >= 4 is 0 Å². The summed E-state index contributed by atoms with van der Waals surface area (Å²) in [6.07, 6.45) is 6.50. The molecular weight excluding hydrogens is 242 g/mol. The Kier molecular flexibility index (Phi) is 3.60. The monoisotopic (exact) mass is 265 g/mol. The van der Waals surface area contributed by atoms with Crippen molar-refractivity contribution in [2.45, 2.75) is 51.0 Å². The smallest absolute Gasteiger partial charge is 0.0951 e. The molecular formula is C14H23N3O2. The molecule has 19 heavy (non-hydrogen) atoms. The first-order valence-electron chi connectivity index (χ1n) is 7.11. The predicted molar refractivity (Wildman–Crippen MR) is 72.0 cm³/mol. The molecule has 0 amide bonds. The summed E-state index contributed by atoms with van der Waals surface area (Å²) >= 11 is 0. The quantitative estimate of drug-likeness (QED) is 0.876. The zero-order chi connectivity index (χ0) is 13.3. The molecule has 2 aliphatic rings. The van der Waals surface area contributed by atoms with Crippen molar-refractivity contribution in [1.29, 1.82) is 0 Å². The highest BCUT2D eigenvalue weighted by atomic mass is 16.5. The van der Waals surface area contributed by atoms with Crippen molar-refractivity contribution in [2.24, 2.45) is 0 Å². The molecule has 0 radical (unpaired) electrons. The van der Waals surface area contributed by atoms with Crippen LogP contribution in [0.3, 0.4) is 0 Å². The molecule has 106 valence electrons. The third-order valence-electron chi connectivity index (χ3n) is 3.65. The van der Waals surface area contributed by atoms with Gasteiger partial charge in [-0.05, 0) is 26.7 Å². The number of imidazole rings is 1. The standard InChI is InChI=1S/C14H23N3O2/c1-14(2)9-15-6-13(19-14)8-18-7-12-5-16-10-17(12)11-3-4-11/h5,10-11,13,15H,3-4,6-9H2,1-2H3. The van der Waals surface area contributed by atoms with Crippen molar-refractivity contribution in [1.82, 2.24) is 14.9 Å². The molecule has 2 fully saturated rings. The van der Waals surface area contributed by atoms with E-state index in [0.29, 0.717) is 19.3 Å². The Labute approximate surface area is 114 Å². The summed E-state index contributed by atoms with van der Waals surface area (Å²) in [6, 6.07) is 0.660. The molecule has 3 rings (SSSR count). The topological polar surface area (TPSA) is 48.3 Å². The largest absolute Gasteiger partial charge is 0.372 e. The second-order valence-electron chi connectivity index (χ2n) is 6.17. The van der Waals surface area contributed by atoms with Crippen LogP contribution in [-0.2, 0) is 16.1 Å².